The van der Waals surface area contributed by atoms with Crippen LogP contribution in [0.3, 0.4) is 0 Å². The Morgan fingerprint density at radius 3 is 2.62 bits per heavy atom. The molecule has 1 aromatic heterocycles. The first-order valence-electron chi connectivity index (χ1n) is 6.27. The Balaban J connectivity index is 2.18. The molecular weight excluding hydrogens is 288 g/mol. The van der Waals surface area contributed by atoms with Crippen LogP contribution >= 0.6 is 11.6 Å². The molecule has 2 aromatic rings. The smallest absolute Gasteiger partial charge is 0.252 e. The summed E-state index contributed by atoms with van der Waals surface area (Å²) in [6.45, 7) is 0.215. The van der Waals surface area contributed by atoms with Gasteiger partial charge in [-0.15, -0.1) is 0 Å². The number of halogens is 1. The lowest BCUT2D eigenvalue weighted by atomic mass is 10.2. The molecule has 0 aliphatic heterocycles. The maximum Gasteiger partial charge on any atom is 0.252 e. The molecule has 0 saturated carbocycles. The molecule has 5 heteroatoms. The van der Waals surface area contributed by atoms with E-state index >= 15 is 0 Å². The van der Waals surface area contributed by atoms with Gasteiger partial charge in [0.2, 0.25) is 0 Å². The van der Waals surface area contributed by atoms with Crippen LogP contribution in [-0.4, -0.2) is 17.5 Å². The lowest BCUT2D eigenvalue weighted by Crippen LogP contribution is -2.23. The van der Waals surface area contributed by atoms with Crippen molar-refractivity contribution >= 4 is 17.5 Å². The highest BCUT2D eigenvalue weighted by atomic mass is 35.5. The summed E-state index contributed by atoms with van der Waals surface area (Å²) in [5, 5.41) is 3.16. The third-order valence-corrected chi connectivity index (χ3v) is 3.05. The van der Waals surface area contributed by atoms with Crippen molar-refractivity contribution in [1.82, 2.24) is 9.88 Å². The molecule has 0 saturated heterocycles. The fraction of sp³-hybridized carbons (Fsp3) is 0.125. The molecule has 0 fully saturated rings. The monoisotopic (exact) mass is 300 g/mol. The van der Waals surface area contributed by atoms with Gasteiger partial charge >= 0.3 is 0 Å². The maximum absolute atomic E-state index is 11.7. The number of hydrogen-bond donors (Lipinski definition) is 1. The fourth-order valence-corrected chi connectivity index (χ4v) is 1.82. The Labute approximate surface area is 127 Å². The molecule has 0 unspecified atom stereocenters. The largest absolute Gasteiger partial charge is 0.355 e. The van der Waals surface area contributed by atoms with Gasteiger partial charge in [-0.2, -0.15) is 0 Å². The van der Waals surface area contributed by atoms with Crippen molar-refractivity contribution in [2.24, 2.45) is 0 Å². The number of rotatable bonds is 2. The molecule has 0 radical (unpaired) electrons. The molecule has 0 spiro atoms. The van der Waals surface area contributed by atoms with Gasteiger partial charge in [-0.25, -0.2) is 0 Å². The highest BCUT2D eigenvalue weighted by Crippen LogP contribution is 2.08. The van der Waals surface area contributed by atoms with E-state index < -0.39 is 0 Å². The van der Waals surface area contributed by atoms with E-state index in [0.29, 0.717) is 10.6 Å². The molecule has 0 bridgehead atoms. The molecule has 21 heavy (non-hydrogen) atoms. The highest BCUT2D eigenvalue weighted by Gasteiger charge is 2.04. The molecule has 0 aliphatic rings. The first-order chi connectivity index (χ1) is 10.1. The number of benzene rings is 1. The van der Waals surface area contributed by atoms with Crippen molar-refractivity contribution < 1.29 is 4.79 Å². The molecule has 1 N–H and O–H groups in total. The average molecular weight is 301 g/mol. The summed E-state index contributed by atoms with van der Waals surface area (Å²) in [6, 6.07) is 9.96. The molecule has 2 rings (SSSR count). The lowest BCUT2D eigenvalue weighted by molar-refractivity contribution is 0.0962. The molecule has 106 valence electrons. The van der Waals surface area contributed by atoms with Crippen LogP contribution in [0.5, 0.6) is 0 Å². The Bertz CT molecular complexity index is 767. The van der Waals surface area contributed by atoms with Crippen LogP contribution in [0.2, 0.25) is 5.02 Å². The van der Waals surface area contributed by atoms with Crippen molar-refractivity contribution in [3.05, 3.63) is 69.1 Å². The number of aromatic nitrogens is 1. The maximum atomic E-state index is 11.7. The predicted molar refractivity (Wildman–Crippen MR) is 82.4 cm³/mol. The van der Waals surface area contributed by atoms with Gasteiger partial charge in [0.05, 0.1) is 12.1 Å². The van der Waals surface area contributed by atoms with Gasteiger partial charge in [0.25, 0.3) is 11.5 Å². The zero-order chi connectivity index (χ0) is 15.2. The zero-order valence-electron chi connectivity index (χ0n) is 11.4. The van der Waals surface area contributed by atoms with Gasteiger partial charge in [-0.3, -0.25) is 9.59 Å². The molecular formula is C16H13ClN2O2. The SMILES string of the molecule is CNC(=O)c1ccc(=O)n(CC#Cc2ccc(Cl)cc2)c1. The molecule has 0 aliphatic carbocycles. The first-order valence-corrected chi connectivity index (χ1v) is 6.65. The minimum atomic E-state index is -0.241. The highest BCUT2D eigenvalue weighted by molar-refractivity contribution is 6.30. The van der Waals surface area contributed by atoms with Crippen LogP contribution in [0.4, 0.5) is 0 Å². The second-order valence-electron chi connectivity index (χ2n) is 4.27. The van der Waals surface area contributed by atoms with Crippen LogP contribution in [0.15, 0.2) is 47.4 Å². The van der Waals surface area contributed by atoms with Crippen LogP contribution in [0, 0.1) is 11.8 Å². The molecule has 1 amide bonds. The van der Waals surface area contributed by atoms with Crippen LogP contribution < -0.4 is 10.9 Å². The van der Waals surface area contributed by atoms with E-state index in [1.165, 1.54) is 29.9 Å². The van der Waals surface area contributed by atoms with E-state index in [2.05, 4.69) is 17.2 Å². The van der Waals surface area contributed by atoms with Gasteiger partial charge in [-0.1, -0.05) is 23.4 Å². The van der Waals surface area contributed by atoms with Crippen LogP contribution in [-0.2, 0) is 6.54 Å². The third kappa shape index (κ3) is 3.98. The van der Waals surface area contributed by atoms with Crippen LogP contribution in [0.1, 0.15) is 15.9 Å². The number of hydrogen-bond acceptors (Lipinski definition) is 2. The van der Waals surface area contributed by atoms with Crippen molar-refractivity contribution in [2.45, 2.75) is 6.54 Å². The van der Waals surface area contributed by atoms with Gasteiger partial charge < -0.3 is 9.88 Å². The number of pyridine rings is 1. The summed E-state index contributed by atoms with van der Waals surface area (Å²) in [4.78, 5) is 23.2. The van der Waals surface area contributed by atoms with E-state index in [1.807, 2.05) is 0 Å². The van der Waals surface area contributed by atoms with E-state index in [4.69, 9.17) is 11.6 Å². The van der Waals surface area contributed by atoms with Gasteiger partial charge in [0.15, 0.2) is 0 Å². The Hall–Kier alpha value is -2.51. The number of carbonyl (C=O) groups is 1. The van der Waals surface area contributed by atoms with E-state index in [9.17, 15) is 9.59 Å². The van der Waals surface area contributed by atoms with Crippen molar-refractivity contribution in [3.8, 4) is 11.8 Å². The van der Waals surface area contributed by atoms with Crippen molar-refractivity contribution in [3.63, 3.8) is 0 Å². The summed E-state index contributed by atoms with van der Waals surface area (Å²) in [5.41, 5.74) is 1.04. The molecule has 0 atom stereocenters. The summed E-state index contributed by atoms with van der Waals surface area (Å²) in [6.07, 6.45) is 1.50. The quantitative estimate of drug-likeness (QED) is 0.862. The van der Waals surface area contributed by atoms with Gasteiger partial charge in [0, 0.05) is 29.9 Å². The molecule has 1 aromatic carbocycles. The Morgan fingerprint density at radius 2 is 1.95 bits per heavy atom. The normalized spacial score (nSPS) is 9.62. The van der Waals surface area contributed by atoms with Gasteiger partial charge in [-0.05, 0) is 30.3 Å². The second-order valence-corrected chi connectivity index (χ2v) is 4.71. The minimum Gasteiger partial charge on any atom is -0.355 e. The topological polar surface area (TPSA) is 51.1 Å². The minimum absolute atomic E-state index is 0.201. The Kier molecular flexibility index (Phi) is 4.81. The zero-order valence-corrected chi connectivity index (χ0v) is 12.1. The number of nitrogens with one attached hydrogen (secondary N) is 1. The summed E-state index contributed by atoms with van der Waals surface area (Å²) < 4.78 is 1.40. The molecule has 4 nitrogen and oxygen atoms in total. The lowest BCUT2D eigenvalue weighted by Gasteiger charge is -2.03. The summed E-state index contributed by atoms with van der Waals surface area (Å²) in [5.74, 6) is 5.60. The predicted octanol–water partition coefficient (Wildman–Crippen LogP) is 1.91. The third-order valence-electron chi connectivity index (χ3n) is 2.80. The number of carbonyl (C=O) groups excluding carboxylic acids is 1. The van der Waals surface area contributed by atoms with E-state index in [1.54, 1.807) is 24.3 Å². The van der Waals surface area contributed by atoms with E-state index in [-0.39, 0.29) is 18.0 Å². The van der Waals surface area contributed by atoms with Crippen molar-refractivity contribution in [2.75, 3.05) is 7.05 Å². The van der Waals surface area contributed by atoms with Crippen molar-refractivity contribution in [1.29, 1.82) is 0 Å². The second kappa shape index (κ2) is 6.78. The number of amides is 1. The summed E-state index contributed by atoms with van der Waals surface area (Å²) in [7, 11) is 1.54. The standard InChI is InChI=1S/C16H13ClN2O2/c1-18-16(21)13-6-9-15(20)19(11-13)10-2-3-12-4-7-14(17)8-5-12/h4-9,11H,10H2,1H3,(H,18,21). The first kappa shape index (κ1) is 14.9. The van der Waals surface area contributed by atoms with Gasteiger partial charge in [0.1, 0.15) is 0 Å². The number of nitrogens with zero attached hydrogens (tertiary/aromatic N) is 1. The molecule has 1 heterocycles. The van der Waals surface area contributed by atoms with E-state index in [0.717, 1.165) is 5.56 Å². The van der Waals surface area contributed by atoms with Crippen LogP contribution in [0.25, 0.3) is 0 Å². The Morgan fingerprint density at radius 1 is 1.24 bits per heavy atom. The fourth-order valence-electron chi connectivity index (χ4n) is 1.69. The average Bonchev–Trinajstić information content (AvgIpc) is 2.50. The summed E-state index contributed by atoms with van der Waals surface area (Å²) >= 11 is 5.79.